The number of alkyl halides is 3. The summed E-state index contributed by atoms with van der Waals surface area (Å²) in [4.78, 5) is 27.7. The van der Waals surface area contributed by atoms with Crippen molar-refractivity contribution in [2.24, 2.45) is 0 Å². The molecule has 1 atom stereocenters. The third-order valence-electron chi connectivity index (χ3n) is 5.64. The third kappa shape index (κ3) is 7.08. The molecule has 1 aliphatic rings. The first-order valence-corrected chi connectivity index (χ1v) is 14.5. The molecule has 11 nitrogen and oxygen atoms in total. The number of fused-ring (bicyclic) bond motifs is 1. The fourth-order valence-electron chi connectivity index (χ4n) is 3.52. The molecule has 0 saturated heterocycles. The first-order chi connectivity index (χ1) is 18.4. The number of hydrogen-bond donors (Lipinski definition) is 2. The van der Waals surface area contributed by atoms with Gasteiger partial charge in [0.25, 0.3) is 10.0 Å². The van der Waals surface area contributed by atoms with E-state index in [0.29, 0.717) is 25.3 Å². The largest absolute Gasteiger partial charge is 0.486 e. The number of thiazole rings is 1. The predicted molar refractivity (Wildman–Crippen MR) is 140 cm³/mol. The number of nitrogens with zero attached hydrogens (tertiary/aromatic N) is 2. The number of halogens is 3. The van der Waals surface area contributed by atoms with Crippen LogP contribution < -0.4 is 19.1 Å². The molecular weight excluding hydrogens is 579 g/mol. The lowest BCUT2D eigenvalue weighted by Crippen LogP contribution is -2.44. The fourth-order valence-corrected chi connectivity index (χ4v) is 6.35. The van der Waals surface area contributed by atoms with Crippen molar-refractivity contribution < 1.29 is 50.5 Å². The Morgan fingerprint density at radius 2 is 1.98 bits per heavy atom. The van der Waals surface area contributed by atoms with Gasteiger partial charge in [-0.2, -0.15) is 21.6 Å². The highest BCUT2D eigenvalue weighted by Crippen LogP contribution is 2.42. The number of sulfonamides is 1. The molecule has 2 aromatic rings. The minimum atomic E-state index is -4.83. The van der Waals surface area contributed by atoms with Gasteiger partial charge in [0.1, 0.15) is 11.9 Å². The summed E-state index contributed by atoms with van der Waals surface area (Å²) >= 11 is 1.08. The second kappa shape index (κ2) is 11.7. The van der Waals surface area contributed by atoms with E-state index in [1.54, 1.807) is 20.8 Å². The van der Waals surface area contributed by atoms with Gasteiger partial charge in [-0.25, -0.2) is 9.78 Å². The van der Waals surface area contributed by atoms with Crippen LogP contribution in [0.4, 0.5) is 29.3 Å². The number of aryl methyl sites for hydroxylation is 1. The van der Waals surface area contributed by atoms with E-state index < -0.39 is 40.0 Å². The molecule has 0 spiro atoms. The third-order valence-corrected chi connectivity index (χ3v) is 8.55. The van der Waals surface area contributed by atoms with Crippen LogP contribution in [0.1, 0.15) is 52.5 Å². The maximum Gasteiger partial charge on any atom is 0.427 e. The van der Waals surface area contributed by atoms with Crippen molar-refractivity contribution in [2.45, 2.75) is 82.9 Å². The summed E-state index contributed by atoms with van der Waals surface area (Å²) in [5, 5.41) is 11.5. The summed E-state index contributed by atoms with van der Waals surface area (Å²) in [6, 6.07) is 3.81. The zero-order valence-electron chi connectivity index (χ0n) is 22.4. The fraction of sp³-hybridized carbons (Fsp3) is 0.542. The maximum absolute atomic E-state index is 14.0. The van der Waals surface area contributed by atoms with Gasteiger partial charge in [0.2, 0.25) is 15.7 Å². The summed E-state index contributed by atoms with van der Waals surface area (Å²) in [5.74, 6) is -1.04. The topological polar surface area (TPSA) is 144 Å². The van der Waals surface area contributed by atoms with Crippen molar-refractivity contribution in [1.29, 1.82) is 0 Å². The Balaban J connectivity index is 2.02. The number of hydrogen-bond acceptors (Lipinski definition) is 9. The molecule has 0 aliphatic carbocycles. The van der Waals surface area contributed by atoms with Crippen LogP contribution in [0.2, 0.25) is 0 Å². The number of rotatable bonds is 10. The molecule has 2 heterocycles. The molecule has 0 bridgehead atoms. The van der Waals surface area contributed by atoms with Crippen LogP contribution in [-0.4, -0.2) is 61.1 Å². The number of carboxylic acid groups (broad SMARTS) is 1. The predicted octanol–water partition coefficient (Wildman–Crippen LogP) is 5.20. The number of nitrogens with one attached hydrogen (secondary N) is 1. The second-order valence-electron chi connectivity index (χ2n) is 9.63. The summed E-state index contributed by atoms with van der Waals surface area (Å²) < 4.78 is 84.5. The lowest BCUT2D eigenvalue weighted by atomic mass is 10.1. The van der Waals surface area contributed by atoms with E-state index in [4.69, 9.17) is 14.6 Å². The van der Waals surface area contributed by atoms with E-state index in [0.717, 1.165) is 15.6 Å². The van der Waals surface area contributed by atoms with Crippen LogP contribution in [-0.2, 0) is 26.0 Å². The average molecular weight is 610 g/mol. The van der Waals surface area contributed by atoms with E-state index in [1.807, 2.05) is 0 Å². The van der Waals surface area contributed by atoms with Crippen LogP contribution in [0.15, 0.2) is 23.2 Å². The number of anilines is 2. The van der Waals surface area contributed by atoms with Gasteiger partial charge >= 0.3 is 18.2 Å². The van der Waals surface area contributed by atoms with E-state index in [9.17, 15) is 31.2 Å². The number of benzene rings is 1. The van der Waals surface area contributed by atoms with Gasteiger partial charge in [-0.15, -0.1) is 0 Å². The summed E-state index contributed by atoms with van der Waals surface area (Å²) in [6.07, 6.45) is -7.29. The lowest BCUT2D eigenvalue weighted by molar-refractivity contribution is -0.242. The minimum absolute atomic E-state index is 0.00767. The van der Waals surface area contributed by atoms with E-state index in [-0.39, 0.29) is 52.7 Å². The van der Waals surface area contributed by atoms with E-state index in [2.05, 4.69) is 15.0 Å². The molecule has 222 valence electrons. The number of aromatic nitrogens is 1. The summed E-state index contributed by atoms with van der Waals surface area (Å²) in [5.41, 5.74) is -2.89. The number of amides is 1. The van der Waals surface area contributed by atoms with Crippen LogP contribution in [0.5, 0.6) is 10.8 Å². The lowest BCUT2D eigenvalue weighted by Gasteiger charge is -2.35. The first-order valence-electron chi connectivity index (χ1n) is 12.2. The molecule has 16 heteroatoms. The first kappa shape index (κ1) is 31.3. The molecule has 1 amide bonds. The van der Waals surface area contributed by atoms with Crippen molar-refractivity contribution in [3.63, 3.8) is 0 Å². The molecule has 0 unspecified atom stereocenters. The highest BCUT2D eigenvalue weighted by atomic mass is 32.2. The number of carbonyl (C=O) groups is 2. The van der Waals surface area contributed by atoms with E-state index in [1.165, 1.54) is 18.2 Å². The molecule has 2 N–H and O–H groups in total. The van der Waals surface area contributed by atoms with Gasteiger partial charge in [-0.05, 0) is 58.7 Å². The van der Waals surface area contributed by atoms with Gasteiger partial charge in [0.15, 0.2) is 0 Å². The Hall–Kier alpha value is -3.27. The Morgan fingerprint density at radius 3 is 2.55 bits per heavy atom. The standard InChI is InChI=1S/C24H30F3N3O8S2/c1-6-18-29-20(21(39-18)36-13(2)3)40(34,35)30-12-15(8-10-19(31)32)37-17-9-7-14(11-16(17)30)28-22(33)38-23(4,5)24(25,26)27/h7,9,11,13,15H,6,8,10,12H2,1-5H3,(H,28,33)(H,31,32)/t15-/m0/s1. The molecular formula is C24H30F3N3O8S2. The quantitative estimate of drug-likeness (QED) is 0.371. The van der Waals surface area contributed by atoms with Crippen molar-refractivity contribution in [1.82, 2.24) is 4.98 Å². The maximum atomic E-state index is 14.0. The number of carboxylic acids is 1. The second-order valence-corrected chi connectivity index (χ2v) is 12.5. The van der Waals surface area contributed by atoms with E-state index >= 15 is 0 Å². The highest BCUT2D eigenvalue weighted by molar-refractivity contribution is 7.93. The van der Waals surface area contributed by atoms with Crippen LogP contribution in [0.3, 0.4) is 0 Å². The zero-order chi connectivity index (χ0) is 30.0. The monoisotopic (exact) mass is 609 g/mol. The molecule has 0 radical (unpaired) electrons. The Labute approximate surface area is 233 Å². The van der Waals surface area contributed by atoms with Gasteiger partial charge in [0.05, 0.1) is 23.3 Å². The van der Waals surface area contributed by atoms with Crippen LogP contribution >= 0.6 is 11.3 Å². The van der Waals surface area contributed by atoms with Crippen LogP contribution in [0, 0.1) is 0 Å². The number of aliphatic carboxylic acids is 1. The van der Waals surface area contributed by atoms with Gasteiger partial charge in [-0.3, -0.25) is 14.4 Å². The van der Waals surface area contributed by atoms with Crippen molar-refractivity contribution in [3.8, 4) is 10.8 Å². The van der Waals surface area contributed by atoms with Crippen molar-refractivity contribution in [3.05, 3.63) is 23.2 Å². The molecule has 1 aliphatic heterocycles. The van der Waals surface area contributed by atoms with Crippen molar-refractivity contribution >= 4 is 44.8 Å². The highest BCUT2D eigenvalue weighted by Gasteiger charge is 2.51. The zero-order valence-corrected chi connectivity index (χ0v) is 24.0. The normalized spacial score (nSPS) is 15.8. The number of carbonyl (C=O) groups excluding carboxylic acids is 1. The molecule has 1 aromatic heterocycles. The van der Waals surface area contributed by atoms with Crippen LogP contribution in [0.25, 0.3) is 0 Å². The smallest absolute Gasteiger partial charge is 0.427 e. The number of ether oxygens (including phenoxy) is 3. The van der Waals surface area contributed by atoms with Gasteiger partial charge < -0.3 is 19.3 Å². The molecule has 1 aromatic carbocycles. The van der Waals surface area contributed by atoms with Crippen molar-refractivity contribution in [2.75, 3.05) is 16.2 Å². The molecule has 0 saturated carbocycles. The Kier molecular flexibility index (Phi) is 9.13. The summed E-state index contributed by atoms with van der Waals surface area (Å²) in [7, 11) is -4.42. The average Bonchev–Trinajstić information content (AvgIpc) is 3.24. The molecule has 40 heavy (non-hydrogen) atoms. The Morgan fingerprint density at radius 1 is 1.30 bits per heavy atom. The van der Waals surface area contributed by atoms with Gasteiger partial charge in [0, 0.05) is 12.1 Å². The summed E-state index contributed by atoms with van der Waals surface area (Å²) in [6.45, 7) is 6.34. The minimum Gasteiger partial charge on any atom is -0.486 e. The SMILES string of the molecule is CCc1nc(S(=O)(=O)N2C[C@H](CCC(=O)O)Oc3ccc(NC(=O)OC(C)(C)C(F)(F)F)cc32)c(OC(C)C)s1. The molecule has 0 fully saturated rings. The van der Waals surface area contributed by atoms with Gasteiger partial charge in [-0.1, -0.05) is 18.3 Å². The molecule has 3 rings (SSSR count). The Bertz CT molecular complexity index is 1360.